The molecule has 5 heteroatoms. The Morgan fingerprint density at radius 2 is 2.18 bits per heavy atom. The molecular formula is C12H13Cl2NO2. The Labute approximate surface area is 110 Å². The SMILES string of the molecule is COc1cc(C)c(Cl)cc1N1CC(Cl)CC1=O. The predicted octanol–water partition coefficient (Wildman–Crippen LogP) is 3.00. The number of benzene rings is 1. The summed E-state index contributed by atoms with van der Waals surface area (Å²) >= 11 is 12.1. The third kappa shape index (κ3) is 2.35. The van der Waals surface area contributed by atoms with Gasteiger partial charge in [0.05, 0.1) is 18.2 Å². The Hall–Kier alpha value is -0.930. The van der Waals surface area contributed by atoms with Crippen molar-refractivity contribution in [3.8, 4) is 5.75 Å². The standard InChI is InChI=1S/C12H13Cl2NO2/c1-7-3-11(17-2)10(5-9(7)14)15-6-8(13)4-12(15)16/h3,5,8H,4,6H2,1-2H3. The molecular weight excluding hydrogens is 261 g/mol. The molecule has 0 aliphatic carbocycles. The first-order chi connectivity index (χ1) is 8.02. The number of hydrogen-bond acceptors (Lipinski definition) is 2. The minimum atomic E-state index is -0.146. The van der Waals surface area contributed by atoms with E-state index in [4.69, 9.17) is 27.9 Å². The molecule has 1 aromatic rings. The third-order valence-corrected chi connectivity index (χ3v) is 3.53. The molecule has 0 aromatic heterocycles. The van der Waals surface area contributed by atoms with E-state index >= 15 is 0 Å². The zero-order chi connectivity index (χ0) is 12.6. The van der Waals surface area contributed by atoms with E-state index in [-0.39, 0.29) is 11.3 Å². The van der Waals surface area contributed by atoms with Crippen LogP contribution in [0.15, 0.2) is 12.1 Å². The quantitative estimate of drug-likeness (QED) is 0.776. The van der Waals surface area contributed by atoms with Crippen LogP contribution in [0.4, 0.5) is 5.69 Å². The maximum absolute atomic E-state index is 11.8. The maximum atomic E-state index is 11.8. The number of alkyl halides is 1. The highest BCUT2D eigenvalue weighted by atomic mass is 35.5. The molecule has 1 unspecified atom stereocenters. The number of halogens is 2. The van der Waals surface area contributed by atoms with E-state index in [2.05, 4.69) is 0 Å². The summed E-state index contributed by atoms with van der Waals surface area (Å²) in [5.41, 5.74) is 1.61. The molecule has 17 heavy (non-hydrogen) atoms. The van der Waals surface area contributed by atoms with Crippen molar-refractivity contribution in [1.82, 2.24) is 0 Å². The molecule has 1 saturated heterocycles. The molecule has 92 valence electrons. The molecule has 0 bridgehead atoms. The normalized spacial score (nSPS) is 19.9. The first-order valence-electron chi connectivity index (χ1n) is 5.31. The lowest BCUT2D eigenvalue weighted by Gasteiger charge is -2.20. The number of hydrogen-bond donors (Lipinski definition) is 0. The molecule has 0 N–H and O–H groups in total. The number of methoxy groups -OCH3 is 1. The summed E-state index contributed by atoms with van der Waals surface area (Å²) in [6.07, 6.45) is 0.357. The molecule has 1 atom stereocenters. The Morgan fingerprint density at radius 1 is 1.47 bits per heavy atom. The highest BCUT2D eigenvalue weighted by Crippen LogP contribution is 2.36. The first kappa shape index (κ1) is 12.5. The second kappa shape index (κ2) is 4.75. The van der Waals surface area contributed by atoms with Crippen molar-refractivity contribution in [1.29, 1.82) is 0 Å². The summed E-state index contributed by atoms with van der Waals surface area (Å²) in [4.78, 5) is 13.4. The summed E-state index contributed by atoms with van der Waals surface area (Å²) < 4.78 is 5.28. The minimum Gasteiger partial charge on any atom is -0.495 e. The summed E-state index contributed by atoms with van der Waals surface area (Å²) in [7, 11) is 1.57. The molecule has 1 aromatic carbocycles. The smallest absolute Gasteiger partial charge is 0.228 e. The zero-order valence-corrected chi connectivity index (χ0v) is 11.2. The lowest BCUT2D eigenvalue weighted by atomic mass is 10.2. The van der Waals surface area contributed by atoms with Gasteiger partial charge < -0.3 is 9.64 Å². The van der Waals surface area contributed by atoms with E-state index in [1.807, 2.05) is 13.0 Å². The Bertz CT molecular complexity index is 462. The van der Waals surface area contributed by atoms with Crippen LogP contribution in [-0.4, -0.2) is 24.9 Å². The van der Waals surface area contributed by atoms with Gasteiger partial charge in [0.1, 0.15) is 5.75 Å². The number of aryl methyl sites for hydroxylation is 1. The van der Waals surface area contributed by atoms with E-state index in [1.165, 1.54) is 0 Å². The lowest BCUT2D eigenvalue weighted by molar-refractivity contribution is -0.117. The van der Waals surface area contributed by atoms with Crippen LogP contribution in [0.1, 0.15) is 12.0 Å². The van der Waals surface area contributed by atoms with Crippen LogP contribution < -0.4 is 9.64 Å². The van der Waals surface area contributed by atoms with Gasteiger partial charge in [-0.1, -0.05) is 11.6 Å². The fourth-order valence-electron chi connectivity index (χ4n) is 1.92. The number of nitrogens with zero attached hydrogens (tertiary/aromatic N) is 1. The average molecular weight is 274 g/mol. The van der Waals surface area contributed by atoms with E-state index in [0.29, 0.717) is 29.4 Å². The highest BCUT2D eigenvalue weighted by molar-refractivity contribution is 6.32. The van der Waals surface area contributed by atoms with Gasteiger partial charge >= 0.3 is 0 Å². The van der Waals surface area contributed by atoms with Crippen LogP contribution in [0.5, 0.6) is 5.75 Å². The molecule has 1 aliphatic rings. The number of carbonyl (C=O) groups is 1. The largest absolute Gasteiger partial charge is 0.495 e. The number of rotatable bonds is 2. The maximum Gasteiger partial charge on any atom is 0.228 e. The van der Waals surface area contributed by atoms with E-state index < -0.39 is 0 Å². The van der Waals surface area contributed by atoms with Crippen molar-refractivity contribution in [3.63, 3.8) is 0 Å². The summed E-state index contributed by atoms with van der Waals surface area (Å²) in [5.74, 6) is 0.647. The van der Waals surface area contributed by atoms with Crippen LogP contribution in [0.3, 0.4) is 0 Å². The molecule has 0 radical (unpaired) electrons. The topological polar surface area (TPSA) is 29.5 Å². The number of amides is 1. The predicted molar refractivity (Wildman–Crippen MR) is 69.4 cm³/mol. The molecule has 3 nitrogen and oxygen atoms in total. The average Bonchev–Trinajstić information content (AvgIpc) is 2.61. The van der Waals surface area contributed by atoms with Gasteiger partial charge in [-0.2, -0.15) is 0 Å². The van der Waals surface area contributed by atoms with Crippen LogP contribution in [0.25, 0.3) is 0 Å². The van der Waals surface area contributed by atoms with Gasteiger partial charge in [0.25, 0.3) is 0 Å². The van der Waals surface area contributed by atoms with Gasteiger partial charge in [0.15, 0.2) is 0 Å². The fraction of sp³-hybridized carbons (Fsp3) is 0.417. The van der Waals surface area contributed by atoms with Gasteiger partial charge in [0.2, 0.25) is 5.91 Å². The first-order valence-corrected chi connectivity index (χ1v) is 6.13. The van der Waals surface area contributed by atoms with Gasteiger partial charge in [-0.15, -0.1) is 11.6 Å². The summed E-state index contributed by atoms with van der Waals surface area (Å²) in [5, 5.41) is 0.471. The van der Waals surface area contributed by atoms with Gasteiger partial charge in [0, 0.05) is 18.0 Å². The summed E-state index contributed by atoms with van der Waals surface area (Å²) in [6, 6.07) is 3.58. The van der Waals surface area contributed by atoms with Gasteiger partial charge in [-0.3, -0.25) is 4.79 Å². The second-order valence-corrected chi connectivity index (χ2v) is 5.10. The van der Waals surface area contributed by atoms with E-state index in [1.54, 1.807) is 18.1 Å². The molecule has 1 aliphatic heterocycles. The number of ether oxygens (including phenoxy) is 1. The Balaban J connectivity index is 2.44. The Kier molecular flexibility index (Phi) is 3.50. The Morgan fingerprint density at radius 3 is 2.71 bits per heavy atom. The van der Waals surface area contributed by atoms with Crippen molar-refractivity contribution in [3.05, 3.63) is 22.7 Å². The van der Waals surface area contributed by atoms with Crippen molar-refractivity contribution < 1.29 is 9.53 Å². The van der Waals surface area contributed by atoms with Gasteiger partial charge in [-0.05, 0) is 24.6 Å². The summed E-state index contributed by atoms with van der Waals surface area (Å²) in [6.45, 7) is 2.39. The molecule has 1 fully saturated rings. The van der Waals surface area contributed by atoms with Crippen molar-refractivity contribution in [2.24, 2.45) is 0 Å². The molecule has 0 saturated carbocycles. The number of carbonyl (C=O) groups excluding carboxylic acids is 1. The fourth-order valence-corrected chi connectivity index (χ4v) is 2.34. The zero-order valence-electron chi connectivity index (χ0n) is 9.67. The molecule has 0 spiro atoms. The second-order valence-electron chi connectivity index (χ2n) is 4.08. The minimum absolute atomic E-state index is 0.00298. The van der Waals surface area contributed by atoms with Crippen molar-refractivity contribution >= 4 is 34.8 Å². The van der Waals surface area contributed by atoms with Crippen LogP contribution in [0.2, 0.25) is 5.02 Å². The van der Waals surface area contributed by atoms with Crippen LogP contribution in [0, 0.1) is 6.92 Å². The third-order valence-electron chi connectivity index (χ3n) is 2.83. The molecule has 1 heterocycles. The molecule has 1 amide bonds. The monoisotopic (exact) mass is 273 g/mol. The van der Waals surface area contributed by atoms with E-state index in [9.17, 15) is 4.79 Å². The lowest BCUT2D eigenvalue weighted by Crippen LogP contribution is -2.25. The number of anilines is 1. The highest BCUT2D eigenvalue weighted by Gasteiger charge is 2.31. The van der Waals surface area contributed by atoms with Crippen molar-refractivity contribution in [2.75, 3.05) is 18.6 Å². The molecule has 2 rings (SSSR count). The van der Waals surface area contributed by atoms with Crippen LogP contribution in [-0.2, 0) is 4.79 Å². The van der Waals surface area contributed by atoms with Crippen LogP contribution >= 0.6 is 23.2 Å². The van der Waals surface area contributed by atoms with Gasteiger partial charge in [-0.25, -0.2) is 0 Å². The van der Waals surface area contributed by atoms with E-state index in [0.717, 1.165) is 5.56 Å². The van der Waals surface area contributed by atoms with Crippen molar-refractivity contribution in [2.45, 2.75) is 18.7 Å².